The van der Waals surface area contributed by atoms with E-state index in [0.717, 1.165) is 32.1 Å². The fourth-order valence-electron chi connectivity index (χ4n) is 5.48. The summed E-state index contributed by atoms with van der Waals surface area (Å²) in [5, 5.41) is 0. The van der Waals surface area contributed by atoms with Crippen LogP contribution in [0.4, 0.5) is 0 Å². The molecule has 0 heterocycles. The molecule has 2 nitrogen and oxygen atoms in total. The zero-order valence-corrected chi connectivity index (χ0v) is 15.7. The summed E-state index contributed by atoms with van der Waals surface area (Å²) >= 11 is 0. The Labute approximate surface area is 142 Å². The van der Waals surface area contributed by atoms with E-state index in [1.54, 1.807) is 0 Å². The predicted octanol–water partition coefficient (Wildman–Crippen LogP) is 5.68. The van der Waals surface area contributed by atoms with Crippen molar-refractivity contribution < 1.29 is 9.53 Å². The Morgan fingerprint density at radius 1 is 1.39 bits per heavy atom. The van der Waals surface area contributed by atoms with Crippen LogP contribution < -0.4 is 0 Å². The van der Waals surface area contributed by atoms with Crippen LogP contribution in [0.5, 0.6) is 0 Å². The molecule has 0 amide bonds. The molecule has 0 N–H and O–H groups in total. The third-order valence-electron chi connectivity index (χ3n) is 6.99. The van der Waals surface area contributed by atoms with E-state index in [1.165, 1.54) is 31.1 Å². The first-order valence-corrected chi connectivity index (χ1v) is 9.17. The lowest BCUT2D eigenvalue weighted by Crippen LogP contribution is -2.53. The van der Waals surface area contributed by atoms with Gasteiger partial charge in [-0.05, 0) is 76.5 Å². The van der Waals surface area contributed by atoms with Gasteiger partial charge in [0.2, 0.25) is 0 Å². The smallest absolute Gasteiger partial charge is 0.311 e. The molecular formula is C21H34O2. The van der Waals surface area contributed by atoms with Crippen molar-refractivity contribution in [2.75, 3.05) is 7.11 Å². The van der Waals surface area contributed by atoms with Crippen LogP contribution in [0.3, 0.4) is 0 Å². The molecule has 4 atom stereocenters. The molecule has 2 aliphatic rings. The molecule has 130 valence electrons. The summed E-state index contributed by atoms with van der Waals surface area (Å²) in [5.41, 5.74) is 2.72. The zero-order valence-electron chi connectivity index (χ0n) is 15.7. The Bertz CT molecular complexity index is 504. The fraction of sp³-hybridized carbons (Fsp3) is 0.762. The highest BCUT2D eigenvalue weighted by Gasteiger charge is 2.57. The SMILES string of the molecule is C=C1CC[C@@H]2[C@](C)(CCC[C@]2(C)C(=O)OC)[C@H]1CC/C(C)=C\C. The Morgan fingerprint density at radius 2 is 2.09 bits per heavy atom. The fourth-order valence-corrected chi connectivity index (χ4v) is 5.48. The van der Waals surface area contributed by atoms with Crippen molar-refractivity contribution in [2.45, 2.75) is 72.6 Å². The topological polar surface area (TPSA) is 26.3 Å². The number of carbonyl (C=O) groups excluding carboxylic acids is 1. The molecule has 0 saturated heterocycles. The van der Waals surface area contributed by atoms with E-state index in [9.17, 15) is 4.79 Å². The summed E-state index contributed by atoms with van der Waals surface area (Å²) in [6.07, 6.45) is 9.95. The Hall–Kier alpha value is -1.05. The lowest BCUT2D eigenvalue weighted by molar-refractivity contribution is -0.168. The molecule has 0 bridgehead atoms. The Balaban J connectivity index is 2.31. The molecule has 0 aromatic heterocycles. The number of esters is 1. The number of rotatable bonds is 4. The van der Waals surface area contributed by atoms with Gasteiger partial charge in [0.15, 0.2) is 0 Å². The van der Waals surface area contributed by atoms with Gasteiger partial charge < -0.3 is 4.74 Å². The molecule has 2 saturated carbocycles. The summed E-state index contributed by atoms with van der Waals surface area (Å²) < 4.78 is 5.19. The summed E-state index contributed by atoms with van der Waals surface area (Å²) in [7, 11) is 1.54. The van der Waals surface area contributed by atoms with Gasteiger partial charge in [0.25, 0.3) is 0 Å². The first-order valence-electron chi connectivity index (χ1n) is 9.17. The lowest BCUT2D eigenvalue weighted by atomic mass is 9.46. The van der Waals surface area contributed by atoms with E-state index >= 15 is 0 Å². The second-order valence-electron chi connectivity index (χ2n) is 8.24. The second-order valence-corrected chi connectivity index (χ2v) is 8.24. The standard InChI is InChI=1S/C21H34O2/c1-7-15(2)9-11-17-16(3)10-12-18-20(17,4)13-8-14-21(18,5)19(22)23-6/h7,17-18H,3,8-14H2,1-2,4-6H3/b15-7-/t17-,18+,20+,21-/m0/s1. The zero-order chi connectivity index (χ0) is 17.3. The van der Waals surface area contributed by atoms with Crippen LogP contribution in [0.25, 0.3) is 0 Å². The molecule has 0 aliphatic heterocycles. The number of hydrogen-bond donors (Lipinski definition) is 0. The molecule has 0 aromatic carbocycles. The van der Waals surface area contributed by atoms with Gasteiger partial charge in [0.05, 0.1) is 12.5 Å². The highest BCUT2D eigenvalue weighted by molar-refractivity contribution is 5.77. The number of allylic oxidation sites excluding steroid dienone is 3. The Morgan fingerprint density at radius 3 is 2.70 bits per heavy atom. The van der Waals surface area contributed by atoms with Gasteiger partial charge in [-0.2, -0.15) is 0 Å². The lowest BCUT2D eigenvalue weighted by Gasteiger charge is -2.57. The highest BCUT2D eigenvalue weighted by atomic mass is 16.5. The van der Waals surface area contributed by atoms with Crippen molar-refractivity contribution >= 4 is 5.97 Å². The summed E-state index contributed by atoms with van der Waals surface area (Å²) in [5.74, 6) is 0.933. The van der Waals surface area contributed by atoms with Crippen LogP contribution in [-0.4, -0.2) is 13.1 Å². The van der Waals surface area contributed by atoms with Crippen LogP contribution in [0.2, 0.25) is 0 Å². The quantitative estimate of drug-likeness (QED) is 0.492. The maximum Gasteiger partial charge on any atom is 0.311 e. The van der Waals surface area contributed by atoms with E-state index in [-0.39, 0.29) is 16.8 Å². The number of carbonyl (C=O) groups is 1. The third-order valence-corrected chi connectivity index (χ3v) is 6.99. The van der Waals surface area contributed by atoms with Crippen LogP contribution >= 0.6 is 0 Å². The van der Waals surface area contributed by atoms with Gasteiger partial charge in [0, 0.05) is 0 Å². The monoisotopic (exact) mass is 318 g/mol. The second kappa shape index (κ2) is 6.83. The van der Waals surface area contributed by atoms with E-state index in [1.807, 2.05) is 0 Å². The van der Waals surface area contributed by atoms with Gasteiger partial charge in [-0.25, -0.2) is 0 Å². The number of fused-ring (bicyclic) bond motifs is 1. The summed E-state index contributed by atoms with van der Waals surface area (Å²) in [6, 6.07) is 0. The molecule has 2 fully saturated rings. The Kier molecular flexibility index (Phi) is 5.43. The minimum Gasteiger partial charge on any atom is -0.469 e. The minimum absolute atomic E-state index is 0.00989. The van der Waals surface area contributed by atoms with Gasteiger partial charge in [-0.1, -0.05) is 37.1 Å². The molecule has 0 aromatic rings. The average molecular weight is 319 g/mol. The van der Waals surface area contributed by atoms with Crippen LogP contribution in [0, 0.1) is 22.7 Å². The average Bonchev–Trinajstić information content (AvgIpc) is 2.52. The maximum atomic E-state index is 12.5. The first-order chi connectivity index (χ1) is 10.8. The molecule has 2 heteroatoms. The normalized spacial score (nSPS) is 38.1. The van der Waals surface area contributed by atoms with Crippen LogP contribution in [-0.2, 0) is 9.53 Å². The number of methoxy groups -OCH3 is 1. The van der Waals surface area contributed by atoms with Gasteiger partial charge in [-0.15, -0.1) is 0 Å². The van der Waals surface area contributed by atoms with Crippen molar-refractivity contribution in [3.8, 4) is 0 Å². The van der Waals surface area contributed by atoms with E-state index in [4.69, 9.17) is 4.74 Å². The largest absolute Gasteiger partial charge is 0.469 e. The van der Waals surface area contributed by atoms with E-state index < -0.39 is 0 Å². The van der Waals surface area contributed by atoms with Crippen molar-refractivity contribution in [1.82, 2.24) is 0 Å². The summed E-state index contributed by atoms with van der Waals surface area (Å²) in [4.78, 5) is 12.5. The van der Waals surface area contributed by atoms with E-state index in [0.29, 0.717) is 11.8 Å². The molecular weight excluding hydrogens is 284 g/mol. The van der Waals surface area contributed by atoms with Gasteiger partial charge in [-0.3, -0.25) is 4.79 Å². The molecule has 0 radical (unpaired) electrons. The van der Waals surface area contributed by atoms with E-state index in [2.05, 4.69) is 40.3 Å². The van der Waals surface area contributed by atoms with Crippen LogP contribution in [0.1, 0.15) is 72.6 Å². The van der Waals surface area contributed by atoms with Gasteiger partial charge >= 0.3 is 5.97 Å². The number of hydrogen-bond acceptors (Lipinski definition) is 2. The van der Waals surface area contributed by atoms with Gasteiger partial charge in [0.1, 0.15) is 0 Å². The molecule has 2 aliphatic carbocycles. The summed E-state index contributed by atoms with van der Waals surface area (Å²) in [6.45, 7) is 13.3. The third kappa shape index (κ3) is 3.14. The first kappa shape index (κ1) is 18.3. The predicted molar refractivity (Wildman–Crippen MR) is 96.1 cm³/mol. The molecule has 2 rings (SSSR count). The van der Waals surface area contributed by atoms with Crippen molar-refractivity contribution in [1.29, 1.82) is 0 Å². The molecule has 23 heavy (non-hydrogen) atoms. The maximum absolute atomic E-state index is 12.5. The van der Waals surface area contributed by atoms with Crippen LogP contribution in [0.15, 0.2) is 23.8 Å². The minimum atomic E-state index is -0.323. The van der Waals surface area contributed by atoms with Crippen molar-refractivity contribution in [2.24, 2.45) is 22.7 Å². The molecule has 0 spiro atoms. The van der Waals surface area contributed by atoms with Crippen molar-refractivity contribution in [3.63, 3.8) is 0 Å². The highest BCUT2D eigenvalue weighted by Crippen LogP contribution is 2.62. The number of ether oxygens (including phenoxy) is 1. The molecule has 0 unspecified atom stereocenters. The van der Waals surface area contributed by atoms with Crippen molar-refractivity contribution in [3.05, 3.63) is 23.8 Å².